The molecule has 0 atom stereocenters. The largest absolute Gasteiger partial charge is 0.356 e. The molecule has 1 amide bonds. The number of halogens is 2. The van der Waals surface area contributed by atoms with Gasteiger partial charge in [-0.05, 0) is 32.2 Å². The van der Waals surface area contributed by atoms with E-state index in [0.717, 1.165) is 50.3 Å². The van der Waals surface area contributed by atoms with E-state index in [-0.39, 0.29) is 36.8 Å². The molecule has 1 fully saturated rings. The van der Waals surface area contributed by atoms with Gasteiger partial charge in [0.1, 0.15) is 12.1 Å². The van der Waals surface area contributed by atoms with Gasteiger partial charge in [-0.1, -0.05) is 6.92 Å². The number of carbonyl (C=O) groups excluding carboxylic acids is 1. The molecule has 0 aliphatic carbocycles. The summed E-state index contributed by atoms with van der Waals surface area (Å²) in [5.41, 5.74) is 6.48. The third kappa shape index (κ3) is 6.89. The zero-order valence-electron chi connectivity index (χ0n) is 13.5. The minimum Gasteiger partial charge on any atom is -0.356 e. The van der Waals surface area contributed by atoms with Crippen molar-refractivity contribution in [2.45, 2.75) is 45.1 Å². The number of aromatic nitrogens is 2. The molecule has 1 aliphatic rings. The van der Waals surface area contributed by atoms with Crippen LogP contribution in [0.2, 0.25) is 0 Å². The van der Waals surface area contributed by atoms with Crippen LogP contribution >= 0.6 is 24.8 Å². The predicted molar refractivity (Wildman–Crippen MR) is 97.6 cm³/mol. The van der Waals surface area contributed by atoms with E-state index in [1.54, 1.807) is 6.33 Å². The van der Waals surface area contributed by atoms with Crippen LogP contribution in [0.1, 0.15) is 38.3 Å². The Labute approximate surface area is 150 Å². The van der Waals surface area contributed by atoms with Gasteiger partial charge >= 0.3 is 0 Å². The van der Waals surface area contributed by atoms with Gasteiger partial charge in [0.2, 0.25) is 5.91 Å². The van der Waals surface area contributed by atoms with Crippen LogP contribution in [0, 0.1) is 0 Å². The second-order valence-corrected chi connectivity index (χ2v) is 5.44. The summed E-state index contributed by atoms with van der Waals surface area (Å²) in [5, 5.41) is 3.09. The van der Waals surface area contributed by atoms with Crippen LogP contribution in [0.25, 0.3) is 0 Å². The molecule has 1 aromatic heterocycles. The van der Waals surface area contributed by atoms with E-state index < -0.39 is 0 Å². The van der Waals surface area contributed by atoms with Crippen LogP contribution in [-0.2, 0) is 11.2 Å². The Bertz CT molecular complexity index is 467. The number of nitrogens with two attached hydrogens (primary N) is 1. The van der Waals surface area contributed by atoms with Crippen molar-refractivity contribution >= 4 is 36.5 Å². The number of piperidine rings is 1. The van der Waals surface area contributed by atoms with Crippen molar-refractivity contribution in [2.75, 3.05) is 24.5 Å². The maximum Gasteiger partial charge on any atom is 0.220 e. The van der Waals surface area contributed by atoms with E-state index in [1.165, 1.54) is 0 Å². The highest BCUT2D eigenvalue weighted by atomic mass is 35.5. The van der Waals surface area contributed by atoms with E-state index in [9.17, 15) is 4.79 Å². The first-order valence-corrected chi connectivity index (χ1v) is 7.78. The van der Waals surface area contributed by atoms with Crippen molar-refractivity contribution in [3.8, 4) is 0 Å². The predicted octanol–water partition coefficient (Wildman–Crippen LogP) is 1.71. The quantitative estimate of drug-likeness (QED) is 0.803. The van der Waals surface area contributed by atoms with Crippen LogP contribution in [0.3, 0.4) is 0 Å². The lowest BCUT2D eigenvalue weighted by Gasteiger charge is -2.33. The van der Waals surface area contributed by atoms with E-state index in [4.69, 9.17) is 5.73 Å². The maximum absolute atomic E-state index is 11.7. The summed E-state index contributed by atoms with van der Waals surface area (Å²) in [6, 6.07) is 2.33. The SMILES string of the molecule is CCc1cc(N2CCC(NC(=O)CCCN)CC2)ncn1.Cl.Cl. The fourth-order valence-corrected chi connectivity index (χ4v) is 2.57. The molecule has 2 rings (SSSR count). The molecule has 0 spiro atoms. The second kappa shape index (κ2) is 11.4. The number of carbonyl (C=O) groups is 1. The van der Waals surface area contributed by atoms with E-state index >= 15 is 0 Å². The second-order valence-electron chi connectivity index (χ2n) is 5.44. The van der Waals surface area contributed by atoms with Crippen LogP contribution in [-0.4, -0.2) is 41.6 Å². The first-order valence-electron chi connectivity index (χ1n) is 7.78. The number of nitrogens with zero attached hydrogens (tertiary/aromatic N) is 3. The standard InChI is InChI=1S/C15H25N5O.2ClH/c1-2-12-10-14(18-11-17-12)20-8-5-13(6-9-20)19-15(21)4-3-7-16;;/h10-11,13H,2-9,16H2,1H3,(H,19,21);2*1H. The highest BCUT2D eigenvalue weighted by Crippen LogP contribution is 2.18. The van der Waals surface area contributed by atoms with Crippen LogP contribution in [0.5, 0.6) is 0 Å². The lowest BCUT2D eigenvalue weighted by molar-refractivity contribution is -0.122. The first kappa shape index (κ1) is 21.9. The third-order valence-electron chi connectivity index (χ3n) is 3.86. The Morgan fingerprint density at radius 3 is 2.65 bits per heavy atom. The van der Waals surface area contributed by atoms with Gasteiger partial charge in [0.15, 0.2) is 0 Å². The van der Waals surface area contributed by atoms with Gasteiger partial charge in [-0.25, -0.2) is 9.97 Å². The van der Waals surface area contributed by atoms with Crippen molar-refractivity contribution in [1.29, 1.82) is 0 Å². The zero-order valence-corrected chi connectivity index (χ0v) is 15.2. The summed E-state index contributed by atoms with van der Waals surface area (Å²) >= 11 is 0. The molecular formula is C15H27Cl2N5O. The monoisotopic (exact) mass is 363 g/mol. The molecule has 1 aromatic rings. The molecule has 1 aliphatic heterocycles. The van der Waals surface area contributed by atoms with E-state index in [1.807, 2.05) is 0 Å². The van der Waals surface area contributed by atoms with Gasteiger partial charge in [0.25, 0.3) is 0 Å². The zero-order chi connectivity index (χ0) is 15.1. The first-order chi connectivity index (χ1) is 10.2. The fraction of sp³-hybridized carbons (Fsp3) is 0.667. The van der Waals surface area contributed by atoms with Gasteiger partial charge in [-0.2, -0.15) is 0 Å². The Balaban J connectivity index is 0.00000242. The molecule has 8 heteroatoms. The number of aryl methyl sites for hydroxylation is 1. The molecule has 0 radical (unpaired) electrons. The summed E-state index contributed by atoms with van der Waals surface area (Å²) in [4.78, 5) is 22.6. The molecule has 0 unspecified atom stereocenters. The van der Waals surface area contributed by atoms with Gasteiger partial charge in [0.05, 0.1) is 0 Å². The van der Waals surface area contributed by atoms with Gasteiger partial charge in [-0.15, -0.1) is 24.8 Å². The van der Waals surface area contributed by atoms with Crippen molar-refractivity contribution in [1.82, 2.24) is 15.3 Å². The average molecular weight is 364 g/mol. The minimum atomic E-state index is 0. The molecule has 3 N–H and O–H groups in total. The molecule has 1 saturated heterocycles. The normalized spacial score (nSPS) is 14.6. The summed E-state index contributed by atoms with van der Waals surface area (Å²) in [6.07, 6.45) is 5.76. The highest BCUT2D eigenvalue weighted by molar-refractivity contribution is 5.85. The lowest BCUT2D eigenvalue weighted by Crippen LogP contribution is -2.45. The van der Waals surface area contributed by atoms with Gasteiger partial charge in [0, 0.05) is 37.3 Å². The fourth-order valence-electron chi connectivity index (χ4n) is 2.57. The molecule has 23 heavy (non-hydrogen) atoms. The Morgan fingerprint density at radius 2 is 2.04 bits per heavy atom. The topological polar surface area (TPSA) is 84.1 Å². The summed E-state index contributed by atoms with van der Waals surface area (Å²) in [6.45, 7) is 4.50. The van der Waals surface area contributed by atoms with Gasteiger partial charge in [-0.3, -0.25) is 4.79 Å². The highest BCUT2D eigenvalue weighted by Gasteiger charge is 2.21. The van der Waals surface area contributed by atoms with Crippen molar-refractivity contribution in [3.05, 3.63) is 18.1 Å². The molecule has 0 bridgehead atoms. The van der Waals surface area contributed by atoms with Crippen molar-refractivity contribution in [2.24, 2.45) is 5.73 Å². The summed E-state index contributed by atoms with van der Waals surface area (Å²) < 4.78 is 0. The Hall–Kier alpha value is -1.11. The maximum atomic E-state index is 11.7. The number of hydrogen-bond acceptors (Lipinski definition) is 5. The summed E-state index contributed by atoms with van der Waals surface area (Å²) in [7, 11) is 0. The number of rotatable bonds is 6. The minimum absolute atomic E-state index is 0. The molecule has 2 heterocycles. The molecule has 0 aromatic carbocycles. The van der Waals surface area contributed by atoms with Crippen LogP contribution < -0.4 is 16.0 Å². The van der Waals surface area contributed by atoms with Crippen LogP contribution in [0.15, 0.2) is 12.4 Å². The number of anilines is 1. The van der Waals surface area contributed by atoms with Crippen molar-refractivity contribution in [3.63, 3.8) is 0 Å². The number of amides is 1. The van der Waals surface area contributed by atoms with E-state index in [2.05, 4.69) is 33.2 Å². The molecule has 132 valence electrons. The Morgan fingerprint density at radius 1 is 1.35 bits per heavy atom. The number of hydrogen-bond donors (Lipinski definition) is 2. The number of nitrogens with one attached hydrogen (secondary N) is 1. The molecule has 6 nitrogen and oxygen atoms in total. The van der Waals surface area contributed by atoms with Crippen LogP contribution in [0.4, 0.5) is 5.82 Å². The van der Waals surface area contributed by atoms with Crippen molar-refractivity contribution < 1.29 is 4.79 Å². The van der Waals surface area contributed by atoms with E-state index in [0.29, 0.717) is 13.0 Å². The summed E-state index contributed by atoms with van der Waals surface area (Å²) in [5.74, 6) is 1.11. The van der Waals surface area contributed by atoms with Gasteiger partial charge < -0.3 is 16.0 Å². The molecular weight excluding hydrogens is 337 g/mol. The third-order valence-corrected chi connectivity index (χ3v) is 3.86. The lowest BCUT2D eigenvalue weighted by atomic mass is 10.0. The Kier molecular flexibility index (Phi) is 10.9. The molecule has 0 saturated carbocycles. The average Bonchev–Trinajstić information content (AvgIpc) is 2.53. The smallest absolute Gasteiger partial charge is 0.220 e.